The standard InChI is InChI=1S/C32H31PS4/c1-5-9-18-19(10-6-2)32-30(29-27-20-15-16-34-22(20)11-13-24(27)36-31(18)29)28-21-17-26(33(7-3)8-4)35-23(21)12-14-25(28)37-32/h11-17H,5-10H2,1-4H3. The van der Waals surface area contributed by atoms with Crippen molar-refractivity contribution < 1.29 is 0 Å². The first-order valence-electron chi connectivity index (χ1n) is 13.6. The fourth-order valence-electron chi connectivity index (χ4n) is 6.23. The van der Waals surface area contributed by atoms with Gasteiger partial charge < -0.3 is 0 Å². The van der Waals surface area contributed by atoms with E-state index >= 15 is 0 Å². The summed E-state index contributed by atoms with van der Waals surface area (Å²) in [5.41, 5.74) is 3.26. The van der Waals surface area contributed by atoms with E-state index in [0.717, 1.165) is 0 Å². The second-order valence-corrected chi connectivity index (χ2v) is 17.2. The Morgan fingerprint density at radius 1 is 0.595 bits per heavy atom. The van der Waals surface area contributed by atoms with Crippen LogP contribution in [0.2, 0.25) is 0 Å². The van der Waals surface area contributed by atoms with Gasteiger partial charge in [-0.1, -0.05) is 48.5 Å². The van der Waals surface area contributed by atoms with Crippen LogP contribution in [-0.4, -0.2) is 12.3 Å². The van der Waals surface area contributed by atoms with E-state index in [2.05, 4.69) is 103 Å². The van der Waals surface area contributed by atoms with Crippen molar-refractivity contribution >= 4 is 118 Å². The average Bonchev–Trinajstić information content (AvgIpc) is 3.68. The van der Waals surface area contributed by atoms with Crippen LogP contribution in [0.1, 0.15) is 51.7 Å². The Hall–Kier alpha value is -1.55. The van der Waals surface area contributed by atoms with Gasteiger partial charge in [0, 0.05) is 65.1 Å². The Morgan fingerprint density at radius 2 is 1.16 bits per heavy atom. The first-order chi connectivity index (χ1) is 18.2. The van der Waals surface area contributed by atoms with E-state index in [4.69, 9.17) is 0 Å². The minimum atomic E-state index is -0.0497. The van der Waals surface area contributed by atoms with Crippen LogP contribution in [0.3, 0.4) is 0 Å². The minimum Gasteiger partial charge on any atom is -0.144 e. The number of hydrogen-bond donors (Lipinski definition) is 0. The molecule has 0 radical (unpaired) electrons. The molecule has 0 aliphatic rings. The van der Waals surface area contributed by atoms with E-state index in [1.807, 2.05) is 11.3 Å². The van der Waals surface area contributed by atoms with Crippen molar-refractivity contribution in [3.05, 3.63) is 52.9 Å². The van der Waals surface area contributed by atoms with E-state index in [0.29, 0.717) is 0 Å². The fraction of sp³-hybridized carbons (Fsp3) is 0.312. The van der Waals surface area contributed by atoms with Gasteiger partial charge in [0.15, 0.2) is 0 Å². The highest BCUT2D eigenvalue weighted by atomic mass is 32.1. The second kappa shape index (κ2) is 9.57. The van der Waals surface area contributed by atoms with Crippen molar-refractivity contribution in [3.63, 3.8) is 0 Å². The van der Waals surface area contributed by atoms with Gasteiger partial charge in [-0.2, -0.15) is 0 Å². The minimum absolute atomic E-state index is 0.0497. The van der Waals surface area contributed by atoms with Gasteiger partial charge in [-0.3, -0.25) is 0 Å². The molecule has 0 unspecified atom stereocenters. The highest BCUT2D eigenvalue weighted by molar-refractivity contribution is 7.72. The van der Waals surface area contributed by atoms with Crippen LogP contribution < -0.4 is 4.62 Å². The maximum atomic E-state index is 2.59. The summed E-state index contributed by atoms with van der Waals surface area (Å²) < 4.78 is 10.6. The Morgan fingerprint density at radius 3 is 1.76 bits per heavy atom. The van der Waals surface area contributed by atoms with Gasteiger partial charge in [-0.25, -0.2) is 0 Å². The van der Waals surface area contributed by atoms with Gasteiger partial charge in [0.2, 0.25) is 0 Å². The number of rotatable bonds is 7. The summed E-state index contributed by atoms with van der Waals surface area (Å²) in [6, 6.07) is 14.5. The normalized spacial score (nSPS) is 12.7. The van der Waals surface area contributed by atoms with Crippen molar-refractivity contribution in [1.82, 2.24) is 0 Å². The maximum absolute atomic E-state index is 2.59. The molecule has 3 aromatic carbocycles. The molecule has 0 aliphatic heterocycles. The van der Waals surface area contributed by atoms with Crippen LogP contribution in [0, 0.1) is 0 Å². The molecule has 0 aliphatic carbocycles. The van der Waals surface area contributed by atoms with E-state index in [9.17, 15) is 0 Å². The SMILES string of the molecule is CCCc1c(CCC)c2sc3ccc4sc(P(CC)CC)cc4c3c2c2c1sc1ccc3sccc3c12. The highest BCUT2D eigenvalue weighted by Crippen LogP contribution is 2.52. The first-order valence-corrected chi connectivity index (χ1v) is 18.6. The summed E-state index contributed by atoms with van der Waals surface area (Å²) in [5.74, 6) is 0. The molecule has 0 saturated heterocycles. The molecule has 0 saturated carbocycles. The lowest BCUT2D eigenvalue weighted by molar-refractivity contribution is 0.877. The average molecular weight is 575 g/mol. The highest BCUT2D eigenvalue weighted by Gasteiger charge is 2.24. The van der Waals surface area contributed by atoms with Crippen molar-refractivity contribution in [2.24, 2.45) is 0 Å². The molecule has 188 valence electrons. The van der Waals surface area contributed by atoms with E-state index in [1.165, 1.54) is 78.4 Å². The third-order valence-electron chi connectivity index (χ3n) is 7.86. The van der Waals surface area contributed by atoms with Crippen LogP contribution in [-0.2, 0) is 12.8 Å². The van der Waals surface area contributed by atoms with E-state index < -0.39 is 0 Å². The Labute approximate surface area is 235 Å². The Bertz CT molecular complexity index is 1940. The summed E-state index contributed by atoms with van der Waals surface area (Å²) >= 11 is 8.05. The molecule has 0 bridgehead atoms. The number of thiophene rings is 4. The van der Waals surface area contributed by atoms with Crippen molar-refractivity contribution in [3.8, 4) is 0 Å². The van der Waals surface area contributed by atoms with Gasteiger partial charge >= 0.3 is 0 Å². The van der Waals surface area contributed by atoms with Crippen molar-refractivity contribution in [1.29, 1.82) is 0 Å². The van der Waals surface area contributed by atoms with Crippen molar-refractivity contribution in [2.75, 3.05) is 12.3 Å². The van der Waals surface area contributed by atoms with Gasteiger partial charge in [0.25, 0.3) is 0 Å². The van der Waals surface area contributed by atoms with E-state index in [-0.39, 0.29) is 7.92 Å². The van der Waals surface area contributed by atoms with Gasteiger partial charge in [-0.15, -0.1) is 45.3 Å². The molecule has 0 nitrogen and oxygen atoms in total. The third-order valence-corrected chi connectivity index (χ3v) is 15.4. The molecule has 0 N–H and O–H groups in total. The molecule has 7 rings (SSSR count). The topological polar surface area (TPSA) is 0 Å². The summed E-state index contributed by atoms with van der Waals surface area (Å²) in [6.07, 6.45) is 7.29. The second-order valence-electron chi connectivity index (χ2n) is 9.95. The number of benzene rings is 3. The maximum Gasteiger partial charge on any atom is 0.0397 e. The fourth-order valence-corrected chi connectivity index (χ4v) is 13.5. The van der Waals surface area contributed by atoms with Crippen LogP contribution in [0.15, 0.2) is 41.8 Å². The Balaban J connectivity index is 1.75. The number of fused-ring (bicyclic) bond motifs is 11. The summed E-state index contributed by atoms with van der Waals surface area (Å²) in [5, 5.41) is 11.3. The van der Waals surface area contributed by atoms with Gasteiger partial charge in [0.1, 0.15) is 0 Å². The molecule has 7 aromatic rings. The molecule has 0 fully saturated rings. The zero-order valence-electron chi connectivity index (χ0n) is 21.9. The lowest BCUT2D eigenvalue weighted by atomic mass is 9.92. The lowest BCUT2D eigenvalue weighted by Gasteiger charge is -2.13. The number of aryl methyl sites for hydroxylation is 2. The predicted octanol–water partition coefficient (Wildman–Crippen LogP) is 11.9. The van der Waals surface area contributed by atoms with Crippen LogP contribution in [0.5, 0.6) is 0 Å². The molecule has 37 heavy (non-hydrogen) atoms. The summed E-state index contributed by atoms with van der Waals surface area (Å²) in [6.45, 7) is 9.43. The quantitative estimate of drug-likeness (QED) is 0.166. The first kappa shape index (κ1) is 24.5. The zero-order valence-corrected chi connectivity index (χ0v) is 26.0. The molecular weight excluding hydrogens is 544 g/mol. The smallest absolute Gasteiger partial charge is 0.0397 e. The van der Waals surface area contributed by atoms with Crippen LogP contribution in [0.25, 0.3) is 60.5 Å². The van der Waals surface area contributed by atoms with Crippen LogP contribution in [0.4, 0.5) is 0 Å². The lowest BCUT2D eigenvalue weighted by Crippen LogP contribution is -1.97. The predicted molar refractivity (Wildman–Crippen MR) is 179 cm³/mol. The Kier molecular flexibility index (Phi) is 6.34. The number of hydrogen-bond acceptors (Lipinski definition) is 4. The van der Waals surface area contributed by atoms with E-state index in [1.54, 1.807) is 35.9 Å². The van der Waals surface area contributed by atoms with Crippen LogP contribution >= 0.6 is 53.3 Å². The molecule has 4 aromatic heterocycles. The molecule has 0 amide bonds. The summed E-state index contributed by atoms with van der Waals surface area (Å²) in [4.78, 5) is 0. The molecular formula is C32H31PS4. The van der Waals surface area contributed by atoms with Gasteiger partial charge in [0.05, 0.1) is 0 Å². The molecule has 0 atom stereocenters. The monoisotopic (exact) mass is 574 g/mol. The van der Waals surface area contributed by atoms with Crippen molar-refractivity contribution in [2.45, 2.75) is 53.4 Å². The molecule has 0 spiro atoms. The third kappa shape index (κ3) is 3.60. The molecule has 4 heterocycles. The van der Waals surface area contributed by atoms with Gasteiger partial charge in [-0.05, 0) is 78.1 Å². The zero-order chi connectivity index (χ0) is 25.3. The summed E-state index contributed by atoms with van der Waals surface area (Å²) in [7, 11) is -0.0497. The largest absolute Gasteiger partial charge is 0.144 e. The molecule has 5 heteroatoms.